The van der Waals surface area contributed by atoms with E-state index < -0.39 is 9.84 Å². The normalized spacial score (nSPS) is 19.9. The molecule has 0 spiro atoms. The van der Waals surface area contributed by atoms with Gasteiger partial charge in [-0.3, -0.25) is 4.79 Å². The largest absolute Gasteiger partial charge is 0.376 e. The van der Waals surface area contributed by atoms with Crippen molar-refractivity contribution >= 4 is 21.4 Å². The van der Waals surface area contributed by atoms with Crippen LogP contribution in [0.3, 0.4) is 0 Å². The molecule has 2 rings (SSSR count). The zero-order chi connectivity index (χ0) is 18.0. The molecule has 24 heavy (non-hydrogen) atoms. The number of rotatable bonds is 5. The van der Waals surface area contributed by atoms with E-state index in [0.29, 0.717) is 13.0 Å². The third-order valence-corrected chi connectivity index (χ3v) is 6.23. The van der Waals surface area contributed by atoms with Gasteiger partial charge < -0.3 is 10.2 Å². The lowest BCUT2D eigenvalue weighted by Crippen LogP contribution is -2.43. The summed E-state index contributed by atoms with van der Waals surface area (Å²) in [5.74, 6) is 0.218. The Balaban J connectivity index is 2.05. The van der Waals surface area contributed by atoms with Gasteiger partial charge in [0.25, 0.3) is 0 Å². The van der Waals surface area contributed by atoms with Crippen molar-refractivity contribution in [2.45, 2.75) is 45.6 Å². The zero-order valence-corrected chi connectivity index (χ0v) is 15.8. The van der Waals surface area contributed by atoms with Gasteiger partial charge in [0.05, 0.1) is 18.1 Å². The Morgan fingerprint density at radius 1 is 1.29 bits per heavy atom. The number of hydrogen-bond donors (Lipinski definition) is 1. The summed E-state index contributed by atoms with van der Waals surface area (Å²) < 4.78 is 23.3. The Kier molecular flexibility index (Phi) is 5.58. The van der Waals surface area contributed by atoms with Gasteiger partial charge in [0.2, 0.25) is 5.91 Å². The van der Waals surface area contributed by atoms with Crippen LogP contribution in [0.1, 0.15) is 39.7 Å². The Hall–Kier alpha value is -1.56. The predicted octanol–water partition coefficient (Wildman–Crippen LogP) is 2.43. The summed E-state index contributed by atoms with van der Waals surface area (Å²) in [6.45, 7) is 9.01. The molecule has 0 radical (unpaired) electrons. The van der Waals surface area contributed by atoms with Crippen molar-refractivity contribution in [3.63, 3.8) is 0 Å². The molecule has 1 aliphatic rings. The van der Waals surface area contributed by atoms with Crippen molar-refractivity contribution in [2.24, 2.45) is 0 Å². The van der Waals surface area contributed by atoms with E-state index in [4.69, 9.17) is 0 Å². The van der Waals surface area contributed by atoms with Gasteiger partial charge in [0.15, 0.2) is 9.84 Å². The minimum absolute atomic E-state index is 0.0172. The van der Waals surface area contributed by atoms with Crippen LogP contribution < -0.4 is 5.32 Å². The second-order valence-corrected chi connectivity index (χ2v) is 9.61. The van der Waals surface area contributed by atoms with Gasteiger partial charge in [-0.15, -0.1) is 0 Å². The lowest BCUT2D eigenvalue weighted by Gasteiger charge is -2.28. The summed E-state index contributed by atoms with van der Waals surface area (Å²) in [4.78, 5) is 14.3. The molecule has 0 aromatic heterocycles. The number of nitrogens with one attached hydrogen (secondary N) is 1. The fraction of sp³-hybridized carbons (Fsp3) is 0.611. The SMILES string of the molecule is CCN(C(=O)CNc1ccccc1C(C)(C)C)C1CCS(=O)(=O)C1. The Morgan fingerprint density at radius 2 is 1.96 bits per heavy atom. The first-order chi connectivity index (χ1) is 11.1. The van der Waals surface area contributed by atoms with Crippen molar-refractivity contribution in [1.29, 1.82) is 0 Å². The number of sulfone groups is 1. The number of amides is 1. The van der Waals surface area contributed by atoms with Crippen molar-refractivity contribution in [3.05, 3.63) is 29.8 Å². The number of para-hydroxylation sites is 1. The maximum atomic E-state index is 12.6. The van der Waals surface area contributed by atoms with E-state index in [-0.39, 0.29) is 35.4 Å². The summed E-state index contributed by atoms with van der Waals surface area (Å²) in [5, 5.41) is 3.24. The fourth-order valence-electron chi connectivity index (χ4n) is 3.22. The van der Waals surface area contributed by atoms with Crippen LogP contribution in [0.15, 0.2) is 24.3 Å². The van der Waals surface area contributed by atoms with Crippen molar-refractivity contribution < 1.29 is 13.2 Å². The minimum atomic E-state index is -2.99. The highest BCUT2D eigenvalue weighted by Gasteiger charge is 2.33. The average Bonchev–Trinajstić information content (AvgIpc) is 2.85. The topological polar surface area (TPSA) is 66.5 Å². The van der Waals surface area contributed by atoms with Gasteiger partial charge in [-0.2, -0.15) is 0 Å². The zero-order valence-electron chi connectivity index (χ0n) is 15.0. The molecule has 1 amide bonds. The number of carbonyl (C=O) groups excluding carboxylic acids is 1. The van der Waals surface area contributed by atoms with Crippen LogP contribution in [0.5, 0.6) is 0 Å². The van der Waals surface area contributed by atoms with Gasteiger partial charge in [0, 0.05) is 18.3 Å². The standard InChI is InChI=1S/C18H28N2O3S/c1-5-20(14-10-11-24(22,23)13-14)17(21)12-19-16-9-7-6-8-15(16)18(2,3)4/h6-9,14,19H,5,10-13H2,1-4H3. The minimum Gasteiger partial charge on any atom is -0.376 e. The molecule has 1 atom stereocenters. The molecule has 1 heterocycles. The Bertz CT molecular complexity index is 692. The predicted molar refractivity (Wildman–Crippen MR) is 98.1 cm³/mol. The quantitative estimate of drug-likeness (QED) is 0.884. The lowest BCUT2D eigenvalue weighted by atomic mass is 9.86. The van der Waals surface area contributed by atoms with E-state index in [1.807, 2.05) is 25.1 Å². The maximum absolute atomic E-state index is 12.6. The summed E-state index contributed by atoms with van der Waals surface area (Å²) in [7, 11) is -2.99. The first-order valence-electron chi connectivity index (χ1n) is 8.47. The summed E-state index contributed by atoms with van der Waals surface area (Å²) in [6, 6.07) is 7.79. The first kappa shape index (κ1) is 18.8. The number of anilines is 1. The Morgan fingerprint density at radius 3 is 2.50 bits per heavy atom. The molecular formula is C18H28N2O3S. The smallest absolute Gasteiger partial charge is 0.242 e. The second-order valence-electron chi connectivity index (χ2n) is 7.39. The van der Waals surface area contributed by atoms with E-state index in [9.17, 15) is 13.2 Å². The number of carbonyl (C=O) groups is 1. The maximum Gasteiger partial charge on any atom is 0.242 e. The van der Waals surface area contributed by atoms with Crippen LogP contribution in [0.2, 0.25) is 0 Å². The monoisotopic (exact) mass is 352 g/mol. The van der Waals surface area contributed by atoms with Crippen LogP contribution in [-0.2, 0) is 20.0 Å². The van der Waals surface area contributed by atoms with Gasteiger partial charge >= 0.3 is 0 Å². The van der Waals surface area contributed by atoms with Gasteiger partial charge in [-0.05, 0) is 30.4 Å². The second kappa shape index (κ2) is 7.13. The number of nitrogens with zero attached hydrogens (tertiary/aromatic N) is 1. The molecule has 1 fully saturated rings. The number of benzene rings is 1. The van der Waals surface area contributed by atoms with E-state index in [0.717, 1.165) is 11.3 Å². The van der Waals surface area contributed by atoms with Crippen LogP contribution in [0.4, 0.5) is 5.69 Å². The van der Waals surface area contributed by atoms with Crippen LogP contribution >= 0.6 is 0 Å². The van der Waals surface area contributed by atoms with E-state index in [1.165, 1.54) is 0 Å². The fourth-order valence-corrected chi connectivity index (χ4v) is 4.95. The van der Waals surface area contributed by atoms with E-state index in [2.05, 4.69) is 32.2 Å². The number of hydrogen-bond acceptors (Lipinski definition) is 4. The molecule has 0 bridgehead atoms. The van der Waals surface area contributed by atoms with Crippen molar-refractivity contribution in [2.75, 3.05) is 29.9 Å². The van der Waals surface area contributed by atoms with Crippen LogP contribution in [0.25, 0.3) is 0 Å². The molecule has 6 heteroatoms. The van der Waals surface area contributed by atoms with Crippen LogP contribution in [-0.4, -0.2) is 49.9 Å². The summed E-state index contributed by atoms with van der Waals surface area (Å²) >= 11 is 0. The third-order valence-electron chi connectivity index (χ3n) is 4.48. The van der Waals surface area contributed by atoms with Crippen molar-refractivity contribution in [1.82, 2.24) is 4.90 Å². The highest BCUT2D eigenvalue weighted by molar-refractivity contribution is 7.91. The molecule has 1 aromatic rings. The molecule has 0 aliphatic carbocycles. The van der Waals surface area contributed by atoms with Gasteiger partial charge in [0.1, 0.15) is 0 Å². The van der Waals surface area contributed by atoms with Gasteiger partial charge in [-0.25, -0.2) is 8.42 Å². The van der Waals surface area contributed by atoms with Crippen molar-refractivity contribution in [3.8, 4) is 0 Å². The summed E-state index contributed by atoms with van der Waals surface area (Å²) in [6.07, 6.45) is 0.542. The van der Waals surface area contributed by atoms with Crippen LogP contribution in [0, 0.1) is 0 Å². The highest BCUT2D eigenvalue weighted by Crippen LogP contribution is 2.29. The summed E-state index contributed by atoms with van der Waals surface area (Å²) in [5.41, 5.74) is 2.09. The molecule has 1 N–H and O–H groups in total. The average molecular weight is 353 g/mol. The molecule has 1 aromatic carbocycles. The molecule has 1 saturated heterocycles. The molecule has 0 saturated carbocycles. The highest BCUT2D eigenvalue weighted by atomic mass is 32.2. The van der Waals surface area contributed by atoms with E-state index >= 15 is 0 Å². The molecular weight excluding hydrogens is 324 g/mol. The lowest BCUT2D eigenvalue weighted by molar-refractivity contribution is -0.130. The molecule has 1 aliphatic heterocycles. The van der Waals surface area contributed by atoms with Gasteiger partial charge in [-0.1, -0.05) is 39.0 Å². The molecule has 5 nitrogen and oxygen atoms in total. The molecule has 134 valence electrons. The third kappa shape index (κ3) is 4.50. The molecule has 1 unspecified atom stereocenters. The van der Waals surface area contributed by atoms with E-state index in [1.54, 1.807) is 4.90 Å². The Labute approximate surface area is 145 Å². The first-order valence-corrected chi connectivity index (χ1v) is 10.3. The number of likely N-dealkylation sites (N-methyl/N-ethyl adjacent to an activating group) is 1.